The molecule has 2 fully saturated rings. The van der Waals surface area contributed by atoms with E-state index in [4.69, 9.17) is 4.74 Å². The van der Waals surface area contributed by atoms with Crippen molar-refractivity contribution >= 4 is 17.4 Å². The Labute approximate surface area is 130 Å². The molecule has 1 aromatic heterocycles. The first-order valence-corrected chi connectivity index (χ1v) is 8.87. The normalized spacial score (nSPS) is 25.5. The first-order chi connectivity index (χ1) is 10.3. The van der Waals surface area contributed by atoms with Crippen molar-refractivity contribution in [1.82, 2.24) is 10.6 Å². The molecule has 116 valence electrons. The summed E-state index contributed by atoms with van der Waals surface area (Å²) in [6.45, 7) is 1.52. The quantitative estimate of drug-likeness (QED) is 0.794. The highest BCUT2D eigenvalue weighted by molar-refractivity contribution is 7.09. The van der Waals surface area contributed by atoms with Crippen LogP contribution in [-0.2, 0) is 11.2 Å². The van der Waals surface area contributed by atoms with Crippen molar-refractivity contribution in [3.05, 3.63) is 22.4 Å². The van der Waals surface area contributed by atoms with Gasteiger partial charge in [-0.1, -0.05) is 6.07 Å². The number of nitrogens with one attached hydrogen (secondary N) is 2. The van der Waals surface area contributed by atoms with Crippen molar-refractivity contribution in [2.75, 3.05) is 13.2 Å². The highest BCUT2D eigenvalue weighted by Gasteiger charge is 2.36. The first-order valence-electron chi connectivity index (χ1n) is 7.99. The first kappa shape index (κ1) is 14.9. The van der Waals surface area contributed by atoms with Gasteiger partial charge in [-0.25, -0.2) is 4.79 Å². The molecule has 2 aliphatic rings. The van der Waals surface area contributed by atoms with Gasteiger partial charge in [0.15, 0.2) is 0 Å². The number of hydrogen-bond acceptors (Lipinski definition) is 3. The highest BCUT2D eigenvalue weighted by Crippen LogP contribution is 2.38. The molecule has 2 atom stereocenters. The fourth-order valence-corrected chi connectivity index (χ4v) is 3.66. The summed E-state index contributed by atoms with van der Waals surface area (Å²) < 4.78 is 5.78. The second-order valence-corrected chi connectivity index (χ2v) is 7.08. The zero-order valence-electron chi connectivity index (χ0n) is 12.3. The summed E-state index contributed by atoms with van der Waals surface area (Å²) in [6.07, 6.45) is 6.92. The van der Waals surface area contributed by atoms with Crippen LogP contribution in [0.25, 0.3) is 0 Å². The van der Waals surface area contributed by atoms with Gasteiger partial charge in [0.25, 0.3) is 0 Å². The SMILES string of the molecule is O=C(NCCCc1cccs1)N[C@@H]1CCO[C@@H](C2CC2)C1. The number of urea groups is 1. The third-order valence-corrected chi connectivity index (χ3v) is 5.20. The van der Waals surface area contributed by atoms with Crippen LogP contribution in [0, 0.1) is 5.92 Å². The summed E-state index contributed by atoms with van der Waals surface area (Å²) in [7, 11) is 0. The average molecular weight is 308 g/mol. The molecule has 1 aliphatic carbocycles. The molecule has 0 radical (unpaired) electrons. The van der Waals surface area contributed by atoms with Gasteiger partial charge >= 0.3 is 6.03 Å². The molecule has 2 amide bonds. The maximum Gasteiger partial charge on any atom is 0.315 e. The van der Waals surface area contributed by atoms with E-state index in [0.29, 0.717) is 6.10 Å². The van der Waals surface area contributed by atoms with Crippen LogP contribution in [0.1, 0.15) is 37.0 Å². The lowest BCUT2D eigenvalue weighted by Gasteiger charge is -2.30. The van der Waals surface area contributed by atoms with Gasteiger partial charge in [0.05, 0.1) is 6.10 Å². The Morgan fingerprint density at radius 3 is 3.05 bits per heavy atom. The molecule has 1 aliphatic heterocycles. The lowest BCUT2D eigenvalue weighted by molar-refractivity contribution is -0.00913. The van der Waals surface area contributed by atoms with E-state index < -0.39 is 0 Å². The molecule has 0 unspecified atom stereocenters. The van der Waals surface area contributed by atoms with Crippen LogP contribution < -0.4 is 10.6 Å². The summed E-state index contributed by atoms with van der Waals surface area (Å²) >= 11 is 1.78. The number of aryl methyl sites for hydroxylation is 1. The Morgan fingerprint density at radius 1 is 1.38 bits per heavy atom. The fourth-order valence-electron chi connectivity index (χ4n) is 2.91. The van der Waals surface area contributed by atoms with E-state index in [1.807, 2.05) is 0 Å². The van der Waals surface area contributed by atoms with Gasteiger partial charge in [-0.3, -0.25) is 0 Å². The molecule has 2 heterocycles. The number of hydrogen-bond donors (Lipinski definition) is 2. The van der Waals surface area contributed by atoms with Gasteiger partial charge in [0.1, 0.15) is 0 Å². The Morgan fingerprint density at radius 2 is 2.29 bits per heavy atom. The molecule has 3 rings (SSSR count). The predicted octanol–water partition coefficient (Wildman–Crippen LogP) is 2.94. The predicted molar refractivity (Wildman–Crippen MR) is 84.7 cm³/mol. The number of rotatable bonds is 6. The Kier molecular flexibility index (Phi) is 5.14. The van der Waals surface area contributed by atoms with Crippen molar-refractivity contribution in [3.63, 3.8) is 0 Å². The largest absolute Gasteiger partial charge is 0.378 e. The molecule has 0 bridgehead atoms. The van der Waals surface area contributed by atoms with Crippen LogP contribution in [0.3, 0.4) is 0 Å². The van der Waals surface area contributed by atoms with Crippen LogP contribution >= 0.6 is 11.3 Å². The lowest BCUT2D eigenvalue weighted by atomic mass is 10.0. The molecule has 2 N–H and O–H groups in total. The van der Waals surface area contributed by atoms with Gasteiger partial charge in [0.2, 0.25) is 0 Å². The minimum Gasteiger partial charge on any atom is -0.378 e. The maximum atomic E-state index is 11.9. The van der Waals surface area contributed by atoms with E-state index in [1.54, 1.807) is 11.3 Å². The highest BCUT2D eigenvalue weighted by atomic mass is 32.1. The molecule has 0 aromatic carbocycles. The van der Waals surface area contributed by atoms with E-state index >= 15 is 0 Å². The monoisotopic (exact) mass is 308 g/mol. The van der Waals surface area contributed by atoms with Crippen LogP contribution in [-0.4, -0.2) is 31.3 Å². The number of thiophene rings is 1. The summed E-state index contributed by atoms with van der Waals surface area (Å²) in [5.74, 6) is 0.753. The Hall–Kier alpha value is -1.07. The summed E-state index contributed by atoms with van der Waals surface area (Å²) in [4.78, 5) is 13.3. The van der Waals surface area contributed by atoms with E-state index in [9.17, 15) is 4.79 Å². The van der Waals surface area contributed by atoms with E-state index in [-0.39, 0.29) is 12.1 Å². The second-order valence-electron chi connectivity index (χ2n) is 6.05. The van der Waals surface area contributed by atoms with Crippen LogP contribution in [0.5, 0.6) is 0 Å². The third kappa shape index (κ3) is 4.71. The number of amides is 2. The molecule has 0 spiro atoms. The van der Waals surface area contributed by atoms with Crippen LogP contribution in [0.15, 0.2) is 17.5 Å². The minimum absolute atomic E-state index is 0.0253. The molecule has 4 nitrogen and oxygen atoms in total. The zero-order valence-corrected chi connectivity index (χ0v) is 13.2. The van der Waals surface area contributed by atoms with Gasteiger partial charge in [-0.15, -0.1) is 11.3 Å². The molecule has 1 saturated heterocycles. The molecule has 21 heavy (non-hydrogen) atoms. The summed E-state index contributed by atoms with van der Waals surface area (Å²) in [5, 5.41) is 8.16. The number of carbonyl (C=O) groups excluding carboxylic acids is 1. The van der Waals surface area contributed by atoms with E-state index in [2.05, 4.69) is 28.1 Å². The number of carbonyl (C=O) groups is 1. The number of ether oxygens (including phenoxy) is 1. The molecule has 1 saturated carbocycles. The second kappa shape index (κ2) is 7.27. The van der Waals surface area contributed by atoms with Crippen molar-refractivity contribution < 1.29 is 9.53 Å². The van der Waals surface area contributed by atoms with Crippen LogP contribution in [0.2, 0.25) is 0 Å². The van der Waals surface area contributed by atoms with Crippen molar-refractivity contribution in [2.45, 2.75) is 50.7 Å². The molecular weight excluding hydrogens is 284 g/mol. The Balaban J connectivity index is 1.30. The van der Waals surface area contributed by atoms with Gasteiger partial charge in [0, 0.05) is 24.1 Å². The van der Waals surface area contributed by atoms with Gasteiger partial charge in [-0.2, -0.15) is 0 Å². The molecule has 5 heteroatoms. The van der Waals surface area contributed by atoms with Gasteiger partial charge in [-0.05, 0) is 55.9 Å². The van der Waals surface area contributed by atoms with Crippen molar-refractivity contribution in [2.24, 2.45) is 5.92 Å². The van der Waals surface area contributed by atoms with E-state index in [0.717, 1.165) is 44.8 Å². The topological polar surface area (TPSA) is 50.4 Å². The fraction of sp³-hybridized carbons (Fsp3) is 0.688. The molecular formula is C16H24N2O2S. The van der Waals surface area contributed by atoms with Crippen molar-refractivity contribution in [3.8, 4) is 0 Å². The van der Waals surface area contributed by atoms with Crippen molar-refractivity contribution in [1.29, 1.82) is 0 Å². The standard InChI is InChI=1S/C16H24N2O2S/c19-16(17-8-1-3-14-4-2-10-21-14)18-13-7-9-20-15(11-13)12-5-6-12/h2,4,10,12-13,15H,1,3,5-9,11H2,(H2,17,18,19)/t13-,15-/m1/s1. The summed E-state index contributed by atoms with van der Waals surface area (Å²) in [6, 6.07) is 4.47. The summed E-state index contributed by atoms with van der Waals surface area (Å²) in [5.41, 5.74) is 0. The smallest absolute Gasteiger partial charge is 0.315 e. The van der Waals surface area contributed by atoms with E-state index in [1.165, 1.54) is 17.7 Å². The Bertz CT molecular complexity index is 445. The maximum absolute atomic E-state index is 11.9. The minimum atomic E-state index is -0.0253. The van der Waals surface area contributed by atoms with Crippen LogP contribution in [0.4, 0.5) is 4.79 Å². The average Bonchev–Trinajstić information content (AvgIpc) is 3.21. The lowest BCUT2D eigenvalue weighted by Crippen LogP contribution is -2.46. The van der Waals surface area contributed by atoms with Gasteiger partial charge < -0.3 is 15.4 Å². The molecule has 1 aromatic rings. The third-order valence-electron chi connectivity index (χ3n) is 4.26. The zero-order chi connectivity index (χ0) is 14.5.